The Labute approximate surface area is 222 Å². The summed E-state index contributed by atoms with van der Waals surface area (Å²) in [4.78, 5) is 28.2. The van der Waals surface area contributed by atoms with E-state index in [9.17, 15) is 4.79 Å². The van der Waals surface area contributed by atoms with E-state index >= 15 is 8.78 Å². The van der Waals surface area contributed by atoms with Crippen LogP contribution in [-0.4, -0.2) is 67.3 Å². The second kappa shape index (κ2) is 10.9. The molecule has 0 saturated heterocycles. The average molecular weight is 531 g/mol. The Morgan fingerprint density at radius 3 is 2.21 bits per heavy atom. The quantitative estimate of drug-likeness (QED) is 0.543. The van der Waals surface area contributed by atoms with Crippen LogP contribution in [0.15, 0.2) is 12.3 Å². The third-order valence-corrected chi connectivity index (χ3v) is 8.11. The molecule has 2 saturated carbocycles. The number of anilines is 3. The number of aromatic nitrogens is 2. The zero-order valence-corrected chi connectivity index (χ0v) is 22.5. The van der Waals surface area contributed by atoms with Crippen molar-refractivity contribution in [3.05, 3.63) is 29.5 Å². The summed E-state index contributed by atoms with van der Waals surface area (Å²) in [5.41, 5.74) is 0.124. The van der Waals surface area contributed by atoms with Crippen LogP contribution < -0.4 is 24.6 Å². The number of ether oxygens (including phenoxy) is 2. The third kappa shape index (κ3) is 4.83. The van der Waals surface area contributed by atoms with Gasteiger partial charge in [0, 0.05) is 36.0 Å². The van der Waals surface area contributed by atoms with E-state index < -0.39 is 23.4 Å². The molecule has 2 aliphatic carbocycles. The highest BCUT2D eigenvalue weighted by atomic mass is 19.1. The fourth-order valence-corrected chi connectivity index (χ4v) is 5.94. The van der Waals surface area contributed by atoms with Gasteiger partial charge < -0.3 is 19.7 Å². The van der Waals surface area contributed by atoms with Crippen LogP contribution in [0.4, 0.5) is 31.0 Å². The second-order valence-electron chi connectivity index (χ2n) is 10.6. The van der Waals surface area contributed by atoms with Crippen molar-refractivity contribution in [1.82, 2.24) is 14.9 Å². The van der Waals surface area contributed by atoms with E-state index in [1.165, 1.54) is 14.2 Å². The van der Waals surface area contributed by atoms with Crippen LogP contribution in [0.5, 0.6) is 11.5 Å². The molecule has 1 aromatic carbocycles. The first-order valence-electron chi connectivity index (χ1n) is 13.3. The highest BCUT2D eigenvalue weighted by molar-refractivity contribution is 6.06. The van der Waals surface area contributed by atoms with Crippen molar-refractivity contribution in [2.24, 2.45) is 0 Å². The highest BCUT2D eigenvalue weighted by Gasteiger charge is 2.41. The van der Waals surface area contributed by atoms with E-state index in [-0.39, 0.29) is 30.1 Å². The molecule has 1 aliphatic heterocycles. The van der Waals surface area contributed by atoms with Crippen LogP contribution in [0.1, 0.15) is 56.9 Å². The lowest BCUT2D eigenvalue weighted by molar-refractivity contribution is 0.221. The molecule has 206 valence electrons. The standard InChI is InChI=1S/C27H36F2N6O3/c1-33(2)18-11-9-17(10-12-18)31-26-30-14-16-15-34(24-22(28)20(37-3)13-21(38-4)23(24)29)27(36)35(25(16)32-26)19-7-5-6-8-19/h13-14,17-19H,5-12,15H2,1-4H3,(H,30,31,32). The molecule has 2 fully saturated rings. The number of fused-ring (bicyclic) bond motifs is 1. The Bertz CT molecular complexity index is 1150. The smallest absolute Gasteiger partial charge is 0.330 e. The number of nitrogens with one attached hydrogen (secondary N) is 1. The highest BCUT2D eigenvalue weighted by Crippen LogP contribution is 2.42. The van der Waals surface area contributed by atoms with Gasteiger partial charge >= 0.3 is 6.03 Å². The number of carbonyl (C=O) groups excluding carboxylic acids is 1. The molecule has 1 N–H and O–H groups in total. The topological polar surface area (TPSA) is 83.1 Å². The third-order valence-electron chi connectivity index (χ3n) is 8.11. The average Bonchev–Trinajstić information content (AvgIpc) is 3.44. The minimum Gasteiger partial charge on any atom is -0.493 e. The maximum atomic E-state index is 15.4. The number of methoxy groups -OCH3 is 2. The Kier molecular flexibility index (Phi) is 7.56. The van der Waals surface area contributed by atoms with Crippen molar-refractivity contribution < 1.29 is 23.0 Å². The Morgan fingerprint density at radius 2 is 1.63 bits per heavy atom. The Morgan fingerprint density at radius 1 is 1.00 bits per heavy atom. The molecular weight excluding hydrogens is 494 g/mol. The van der Waals surface area contributed by atoms with Gasteiger partial charge in [-0.2, -0.15) is 4.98 Å². The van der Waals surface area contributed by atoms with Crippen molar-refractivity contribution >= 4 is 23.5 Å². The van der Waals surface area contributed by atoms with Gasteiger partial charge in [-0.1, -0.05) is 12.8 Å². The summed E-state index contributed by atoms with van der Waals surface area (Å²) in [6.45, 7) is -0.0736. The second-order valence-corrected chi connectivity index (χ2v) is 10.6. The molecule has 38 heavy (non-hydrogen) atoms. The van der Waals surface area contributed by atoms with Crippen LogP contribution >= 0.6 is 0 Å². The number of carbonyl (C=O) groups is 1. The molecule has 9 nitrogen and oxygen atoms in total. The summed E-state index contributed by atoms with van der Waals surface area (Å²) in [5.74, 6) is -1.34. The van der Waals surface area contributed by atoms with Gasteiger partial charge in [-0.15, -0.1) is 0 Å². The lowest BCUT2D eigenvalue weighted by Crippen LogP contribution is -2.52. The van der Waals surface area contributed by atoms with Gasteiger partial charge in [0.25, 0.3) is 0 Å². The molecule has 0 radical (unpaired) electrons. The lowest BCUT2D eigenvalue weighted by atomic mass is 9.91. The first kappa shape index (κ1) is 26.4. The van der Waals surface area contributed by atoms with Crippen LogP contribution in [0.2, 0.25) is 0 Å². The van der Waals surface area contributed by atoms with E-state index in [1.807, 2.05) is 0 Å². The molecule has 11 heteroatoms. The number of amides is 2. The summed E-state index contributed by atoms with van der Waals surface area (Å²) < 4.78 is 41.0. The number of nitrogens with zero attached hydrogens (tertiary/aromatic N) is 5. The van der Waals surface area contributed by atoms with Crippen LogP contribution in [0.3, 0.4) is 0 Å². The molecule has 1 aromatic heterocycles. The van der Waals surface area contributed by atoms with Gasteiger partial charge in [-0.25, -0.2) is 18.6 Å². The maximum absolute atomic E-state index is 15.4. The molecule has 0 spiro atoms. The van der Waals surface area contributed by atoms with Crippen LogP contribution in [0, 0.1) is 11.6 Å². The molecule has 0 atom stereocenters. The van der Waals surface area contributed by atoms with Crippen molar-refractivity contribution in [3.8, 4) is 11.5 Å². The number of hydrogen-bond donors (Lipinski definition) is 1. The Balaban J connectivity index is 1.48. The lowest BCUT2D eigenvalue weighted by Gasteiger charge is -2.39. The van der Waals surface area contributed by atoms with E-state index in [4.69, 9.17) is 14.5 Å². The SMILES string of the molecule is COc1cc(OC)c(F)c(N2Cc3cnc(NC4CCC(N(C)C)CC4)nc3N(C3CCCC3)C2=O)c1F. The molecule has 5 rings (SSSR count). The fraction of sp³-hybridized carbons (Fsp3) is 0.593. The molecule has 2 heterocycles. The first-order chi connectivity index (χ1) is 18.3. The number of hydrogen-bond acceptors (Lipinski definition) is 7. The zero-order chi connectivity index (χ0) is 27.0. The summed E-state index contributed by atoms with van der Waals surface area (Å²) in [6, 6.07) is 1.34. The molecule has 2 aromatic rings. The van der Waals surface area contributed by atoms with E-state index in [0.29, 0.717) is 23.4 Å². The van der Waals surface area contributed by atoms with Gasteiger partial charge in [-0.05, 0) is 52.6 Å². The van der Waals surface area contributed by atoms with Gasteiger partial charge in [0.15, 0.2) is 23.1 Å². The van der Waals surface area contributed by atoms with E-state index in [2.05, 4.69) is 29.3 Å². The summed E-state index contributed by atoms with van der Waals surface area (Å²) in [6.07, 6.45) is 9.42. The van der Waals surface area contributed by atoms with E-state index in [0.717, 1.165) is 62.3 Å². The van der Waals surface area contributed by atoms with Crippen molar-refractivity contribution in [1.29, 1.82) is 0 Å². The summed E-state index contributed by atoms with van der Waals surface area (Å²) in [5, 5.41) is 3.46. The molecule has 0 unspecified atom stereocenters. The van der Waals surface area contributed by atoms with Gasteiger partial charge in [0.1, 0.15) is 11.5 Å². The van der Waals surface area contributed by atoms with Gasteiger partial charge in [-0.3, -0.25) is 9.80 Å². The van der Waals surface area contributed by atoms with Gasteiger partial charge in [0.2, 0.25) is 5.95 Å². The molecule has 2 amide bonds. The molecule has 0 bridgehead atoms. The largest absolute Gasteiger partial charge is 0.493 e. The van der Waals surface area contributed by atoms with Crippen molar-refractivity contribution in [2.75, 3.05) is 43.4 Å². The van der Waals surface area contributed by atoms with Crippen LogP contribution in [0.25, 0.3) is 0 Å². The predicted molar refractivity (Wildman–Crippen MR) is 141 cm³/mol. The van der Waals surface area contributed by atoms with Gasteiger partial charge in [0.05, 0.1) is 20.8 Å². The normalized spacial score (nSPS) is 22.1. The number of rotatable bonds is 7. The van der Waals surface area contributed by atoms with E-state index in [1.54, 1.807) is 11.1 Å². The van der Waals surface area contributed by atoms with Crippen LogP contribution in [-0.2, 0) is 6.54 Å². The minimum atomic E-state index is -0.957. The van der Waals surface area contributed by atoms with Crippen molar-refractivity contribution in [3.63, 3.8) is 0 Å². The van der Waals surface area contributed by atoms with Crippen molar-refractivity contribution in [2.45, 2.75) is 76.0 Å². The number of halogens is 2. The Hall–Kier alpha value is -3.21. The molecular formula is C27H36F2N6O3. The summed E-state index contributed by atoms with van der Waals surface area (Å²) in [7, 11) is 6.80. The first-order valence-corrected chi connectivity index (χ1v) is 13.3. The fourth-order valence-electron chi connectivity index (χ4n) is 5.94. The minimum absolute atomic E-state index is 0.0736. The maximum Gasteiger partial charge on any atom is 0.330 e. The molecule has 3 aliphatic rings. The zero-order valence-electron chi connectivity index (χ0n) is 22.5. The number of benzene rings is 1. The summed E-state index contributed by atoms with van der Waals surface area (Å²) >= 11 is 0. The predicted octanol–water partition coefficient (Wildman–Crippen LogP) is 4.95. The number of urea groups is 1. The monoisotopic (exact) mass is 530 g/mol.